The molecule has 0 spiro atoms. The second kappa shape index (κ2) is 7.97. The van der Waals surface area contributed by atoms with Gasteiger partial charge in [-0.15, -0.1) is 11.3 Å². The number of thiophene rings is 1. The van der Waals surface area contributed by atoms with Gasteiger partial charge in [0.1, 0.15) is 12.4 Å². The van der Waals surface area contributed by atoms with E-state index < -0.39 is 0 Å². The molecule has 1 heterocycles. The van der Waals surface area contributed by atoms with Gasteiger partial charge in [0.05, 0.1) is 4.88 Å². The second-order valence-corrected chi connectivity index (χ2v) is 7.05. The van der Waals surface area contributed by atoms with Crippen molar-refractivity contribution in [3.05, 3.63) is 50.1 Å². The molecule has 0 saturated carbocycles. The Morgan fingerprint density at radius 1 is 1.33 bits per heavy atom. The Labute approximate surface area is 139 Å². The molecular weight excluding hydrogens is 346 g/mol. The highest BCUT2D eigenvalue weighted by Gasteiger charge is 2.12. The van der Waals surface area contributed by atoms with Gasteiger partial charge in [-0.25, -0.2) is 0 Å². The fourth-order valence-corrected chi connectivity index (χ4v) is 3.54. The summed E-state index contributed by atoms with van der Waals surface area (Å²) in [6, 6.07) is 8.80. The normalized spacial score (nSPS) is 12.4. The molecule has 0 aliphatic rings. The lowest BCUT2D eigenvalue weighted by Gasteiger charge is -2.18. The third-order valence-electron chi connectivity index (χ3n) is 3.39. The van der Waals surface area contributed by atoms with E-state index in [0.717, 1.165) is 23.2 Å². The van der Waals surface area contributed by atoms with Crippen LogP contribution in [0.5, 0.6) is 5.75 Å². The van der Waals surface area contributed by atoms with E-state index >= 15 is 0 Å². The molecule has 1 aromatic heterocycles. The Morgan fingerprint density at radius 3 is 2.81 bits per heavy atom. The predicted octanol–water partition coefficient (Wildman–Crippen LogP) is 5.46. The molecule has 21 heavy (non-hydrogen) atoms. The van der Waals surface area contributed by atoms with Gasteiger partial charge in [-0.05, 0) is 65.8 Å². The van der Waals surface area contributed by atoms with Crippen LogP contribution < -0.4 is 10.1 Å². The van der Waals surface area contributed by atoms with E-state index in [-0.39, 0.29) is 0 Å². The number of aryl methyl sites for hydroxylation is 1. The number of hydrogen-bond acceptors (Lipinski definition) is 3. The van der Waals surface area contributed by atoms with Crippen LogP contribution in [0.2, 0.25) is 0 Å². The van der Waals surface area contributed by atoms with Crippen molar-refractivity contribution in [1.29, 1.82) is 0 Å². The molecule has 1 N–H and O–H groups in total. The molecule has 1 unspecified atom stereocenters. The smallest absolute Gasteiger partial charge is 0.124 e. The highest BCUT2D eigenvalue weighted by molar-refractivity contribution is 9.10. The van der Waals surface area contributed by atoms with E-state index in [4.69, 9.17) is 4.74 Å². The zero-order chi connectivity index (χ0) is 15.2. The van der Waals surface area contributed by atoms with Gasteiger partial charge in [-0.1, -0.05) is 19.1 Å². The van der Waals surface area contributed by atoms with Gasteiger partial charge in [-0.2, -0.15) is 0 Å². The highest BCUT2D eigenvalue weighted by atomic mass is 79.9. The first-order valence-corrected chi connectivity index (χ1v) is 8.97. The summed E-state index contributed by atoms with van der Waals surface area (Å²) in [5, 5.41) is 5.60. The fourth-order valence-electron chi connectivity index (χ4n) is 2.17. The van der Waals surface area contributed by atoms with E-state index in [1.165, 1.54) is 16.0 Å². The molecular formula is C17H22BrNOS. The lowest BCUT2D eigenvalue weighted by molar-refractivity contribution is 0.302. The highest BCUT2D eigenvalue weighted by Crippen LogP contribution is 2.29. The van der Waals surface area contributed by atoms with Crippen molar-refractivity contribution in [2.45, 2.75) is 39.8 Å². The number of benzene rings is 1. The molecule has 0 aliphatic carbocycles. The average molecular weight is 368 g/mol. The maximum Gasteiger partial charge on any atom is 0.124 e. The molecule has 4 heteroatoms. The van der Waals surface area contributed by atoms with Crippen molar-refractivity contribution >= 4 is 27.3 Å². The Morgan fingerprint density at radius 2 is 2.14 bits per heavy atom. The summed E-state index contributed by atoms with van der Waals surface area (Å²) in [5.74, 6) is 0.978. The summed E-state index contributed by atoms with van der Waals surface area (Å²) < 4.78 is 7.21. The van der Waals surface area contributed by atoms with Gasteiger partial charge in [0.25, 0.3) is 0 Å². The van der Waals surface area contributed by atoms with E-state index in [2.05, 4.69) is 71.7 Å². The van der Waals surface area contributed by atoms with Gasteiger partial charge >= 0.3 is 0 Å². The molecule has 0 aliphatic heterocycles. The Hall–Kier alpha value is -0.840. The van der Waals surface area contributed by atoms with Crippen LogP contribution in [-0.4, -0.2) is 6.54 Å². The zero-order valence-electron chi connectivity index (χ0n) is 12.8. The van der Waals surface area contributed by atoms with Gasteiger partial charge in [0, 0.05) is 16.1 Å². The SMILES string of the molecule is CCCNC(C)c1ccc(C)cc1OCc1sccc1Br. The molecule has 0 radical (unpaired) electrons. The molecule has 1 atom stereocenters. The van der Waals surface area contributed by atoms with Crippen LogP contribution in [0.4, 0.5) is 0 Å². The molecule has 2 rings (SSSR count). The topological polar surface area (TPSA) is 21.3 Å². The van der Waals surface area contributed by atoms with E-state index in [1.54, 1.807) is 11.3 Å². The molecule has 114 valence electrons. The third-order valence-corrected chi connectivity index (χ3v) is 5.29. The monoisotopic (exact) mass is 367 g/mol. The third kappa shape index (κ3) is 4.56. The van der Waals surface area contributed by atoms with Gasteiger partial charge in [-0.3, -0.25) is 0 Å². The van der Waals surface area contributed by atoms with Crippen LogP contribution >= 0.6 is 27.3 Å². The quantitative estimate of drug-likeness (QED) is 0.701. The summed E-state index contributed by atoms with van der Waals surface area (Å²) >= 11 is 5.27. The Bertz CT molecular complexity index is 582. The minimum absolute atomic E-state index is 0.298. The summed E-state index contributed by atoms with van der Waals surface area (Å²) in [4.78, 5) is 1.22. The van der Waals surface area contributed by atoms with Gasteiger partial charge in [0.2, 0.25) is 0 Å². The molecule has 0 amide bonds. The van der Waals surface area contributed by atoms with Gasteiger partial charge < -0.3 is 10.1 Å². The fraction of sp³-hybridized carbons (Fsp3) is 0.412. The van der Waals surface area contributed by atoms with Crippen LogP contribution in [0.3, 0.4) is 0 Å². The Balaban J connectivity index is 2.13. The maximum absolute atomic E-state index is 6.08. The first-order chi connectivity index (χ1) is 10.1. The first kappa shape index (κ1) is 16.5. The second-order valence-electron chi connectivity index (χ2n) is 5.20. The largest absolute Gasteiger partial charge is 0.488 e. The van der Waals surface area contributed by atoms with Crippen LogP contribution in [0.1, 0.15) is 42.3 Å². The number of rotatable bonds is 7. The lowest BCUT2D eigenvalue weighted by atomic mass is 10.0. The minimum atomic E-state index is 0.298. The van der Waals surface area contributed by atoms with Crippen LogP contribution in [0, 0.1) is 6.92 Å². The number of nitrogens with one attached hydrogen (secondary N) is 1. The average Bonchev–Trinajstić information content (AvgIpc) is 2.88. The molecule has 0 bridgehead atoms. The lowest BCUT2D eigenvalue weighted by Crippen LogP contribution is -2.20. The van der Waals surface area contributed by atoms with Crippen molar-refractivity contribution in [2.24, 2.45) is 0 Å². The van der Waals surface area contributed by atoms with Gasteiger partial charge in [0.15, 0.2) is 0 Å². The van der Waals surface area contributed by atoms with Crippen molar-refractivity contribution in [2.75, 3.05) is 6.54 Å². The number of ether oxygens (including phenoxy) is 1. The van der Waals surface area contributed by atoms with Crippen molar-refractivity contribution < 1.29 is 4.74 Å². The van der Waals surface area contributed by atoms with Crippen LogP contribution in [0.25, 0.3) is 0 Å². The summed E-state index contributed by atoms with van der Waals surface area (Å²) in [6.07, 6.45) is 1.13. The summed E-state index contributed by atoms with van der Waals surface area (Å²) in [5.41, 5.74) is 2.45. The van der Waals surface area contributed by atoms with E-state index in [0.29, 0.717) is 12.6 Å². The van der Waals surface area contributed by atoms with Crippen molar-refractivity contribution in [3.8, 4) is 5.75 Å². The number of hydrogen-bond donors (Lipinski definition) is 1. The molecule has 0 fully saturated rings. The molecule has 2 aromatic rings. The zero-order valence-corrected chi connectivity index (χ0v) is 15.2. The molecule has 1 aromatic carbocycles. The van der Waals surface area contributed by atoms with Crippen molar-refractivity contribution in [3.63, 3.8) is 0 Å². The number of halogens is 1. The predicted molar refractivity (Wildman–Crippen MR) is 94.2 cm³/mol. The molecule has 2 nitrogen and oxygen atoms in total. The summed E-state index contributed by atoms with van der Waals surface area (Å²) in [6.45, 7) is 8.09. The van der Waals surface area contributed by atoms with E-state index in [1.807, 2.05) is 0 Å². The Kier molecular flexibility index (Phi) is 6.27. The van der Waals surface area contributed by atoms with Crippen LogP contribution in [-0.2, 0) is 6.61 Å². The standard InChI is InChI=1S/C17H22BrNOS/c1-4-8-19-13(3)14-6-5-12(2)10-16(14)20-11-17-15(18)7-9-21-17/h5-7,9-10,13,19H,4,8,11H2,1-3H3. The van der Waals surface area contributed by atoms with Crippen LogP contribution in [0.15, 0.2) is 34.1 Å². The maximum atomic E-state index is 6.08. The summed E-state index contributed by atoms with van der Waals surface area (Å²) in [7, 11) is 0. The molecule has 0 saturated heterocycles. The minimum Gasteiger partial charge on any atom is -0.488 e. The van der Waals surface area contributed by atoms with E-state index in [9.17, 15) is 0 Å². The first-order valence-electron chi connectivity index (χ1n) is 7.30. The van der Waals surface area contributed by atoms with Crippen molar-refractivity contribution in [1.82, 2.24) is 5.32 Å².